The normalized spacial score (nSPS) is 10.2. The standard InChI is InChI=1S/C14H16N4O2/c1-9-7-12(20-2)17-14(16-9)18-13(19)11-5-3-10(8-15)4-6-11/h3-7H,8,15H2,1-2H3,(H,16,17,18,19). The molecule has 1 amide bonds. The molecule has 1 aromatic carbocycles. The number of rotatable bonds is 4. The molecule has 104 valence electrons. The number of anilines is 1. The monoisotopic (exact) mass is 272 g/mol. The van der Waals surface area contributed by atoms with E-state index in [0.717, 1.165) is 5.56 Å². The van der Waals surface area contributed by atoms with Crippen LogP contribution in [0.2, 0.25) is 0 Å². The second kappa shape index (κ2) is 6.12. The van der Waals surface area contributed by atoms with E-state index in [9.17, 15) is 4.79 Å². The molecule has 0 unspecified atom stereocenters. The lowest BCUT2D eigenvalue weighted by Crippen LogP contribution is -2.15. The van der Waals surface area contributed by atoms with Crippen molar-refractivity contribution in [1.29, 1.82) is 0 Å². The molecule has 2 aromatic rings. The number of nitrogens with one attached hydrogen (secondary N) is 1. The van der Waals surface area contributed by atoms with Crippen LogP contribution in [0.5, 0.6) is 5.88 Å². The third kappa shape index (κ3) is 3.30. The van der Waals surface area contributed by atoms with Gasteiger partial charge in [-0.25, -0.2) is 4.98 Å². The molecule has 0 saturated carbocycles. The Morgan fingerprint density at radius 1 is 1.30 bits per heavy atom. The van der Waals surface area contributed by atoms with Gasteiger partial charge in [0.25, 0.3) is 5.91 Å². The van der Waals surface area contributed by atoms with Crippen LogP contribution in [0, 0.1) is 6.92 Å². The summed E-state index contributed by atoms with van der Waals surface area (Å²) in [6.45, 7) is 2.25. The second-order valence-electron chi connectivity index (χ2n) is 4.23. The number of benzene rings is 1. The summed E-state index contributed by atoms with van der Waals surface area (Å²) in [6, 6.07) is 8.74. The number of aryl methyl sites for hydroxylation is 1. The zero-order valence-electron chi connectivity index (χ0n) is 11.4. The van der Waals surface area contributed by atoms with Crippen molar-refractivity contribution in [1.82, 2.24) is 9.97 Å². The maximum Gasteiger partial charge on any atom is 0.258 e. The fourth-order valence-corrected chi connectivity index (χ4v) is 1.67. The molecule has 0 aliphatic carbocycles. The Morgan fingerprint density at radius 3 is 2.60 bits per heavy atom. The average molecular weight is 272 g/mol. The number of hydrogen-bond acceptors (Lipinski definition) is 5. The van der Waals surface area contributed by atoms with Gasteiger partial charge in [-0.3, -0.25) is 10.1 Å². The number of amides is 1. The van der Waals surface area contributed by atoms with Gasteiger partial charge in [0, 0.05) is 23.9 Å². The quantitative estimate of drug-likeness (QED) is 0.880. The van der Waals surface area contributed by atoms with Gasteiger partial charge in [-0.15, -0.1) is 0 Å². The van der Waals surface area contributed by atoms with Crippen molar-refractivity contribution < 1.29 is 9.53 Å². The maximum atomic E-state index is 12.1. The minimum atomic E-state index is -0.277. The Hall–Kier alpha value is -2.47. The molecule has 6 nitrogen and oxygen atoms in total. The minimum absolute atomic E-state index is 0.217. The number of nitrogens with zero attached hydrogens (tertiary/aromatic N) is 2. The number of carbonyl (C=O) groups excluding carboxylic acids is 1. The van der Waals surface area contributed by atoms with Gasteiger partial charge in [-0.2, -0.15) is 4.98 Å². The largest absolute Gasteiger partial charge is 0.481 e. The van der Waals surface area contributed by atoms with E-state index in [4.69, 9.17) is 10.5 Å². The summed E-state index contributed by atoms with van der Waals surface area (Å²) >= 11 is 0. The van der Waals surface area contributed by atoms with E-state index in [0.29, 0.717) is 23.7 Å². The minimum Gasteiger partial charge on any atom is -0.481 e. The molecule has 0 fully saturated rings. The number of nitrogens with two attached hydrogens (primary N) is 1. The summed E-state index contributed by atoms with van der Waals surface area (Å²) in [6.07, 6.45) is 0. The Labute approximate surface area is 117 Å². The van der Waals surface area contributed by atoms with E-state index in [1.165, 1.54) is 7.11 Å². The Morgan fingerprint density at radius 2 is 2.00 bits per heavy atom. The number of methoxy groups -OCH3 is 1. The highest BCUT2D eigenvalue weighted by Crippen LogP contribution is 2.12. The van der Waals surface area contributed by atoms with Crippen LogP contribution >= 0.6 is 0 Å². The summed E-state index contributed by atoms with van der Waals surface area (Å²) in [4.78, 5) is 20.3. The van der Waals surface area contributed by atoms with Crippen molar-refractivity contribution in [3.05, 3.63) is 47.2 Å². The van der Waals surface area contributed by atoms with Crippen molar-refractivity contribution in [3.8, 4) is 5.88 Å². The predicted octanol–water partition coefficient (Wildman–Crippen LogP) is 1.50. The first-order chi connectivity index (χ1) is 9.62. The predicted molar refractivity (Wildman–Crippen MR) is 75.6 cm³/mol. The smallest absolute Gasteiger partial charge is 0.258 e. The van der Waals surface area contributed by atoms with Crippen molar-refractivity contribution in [3.63, 3.8) is 0 Å². The molecule has 0 aliphatic rings. The molecule has 0 spiro atoms. The molecule has 1 aromatic heterocycles. The van der Waals surface area contributed by atoms with E-state index < -0.39 is 0 Å². The molecular formula is C14H16N4O2. The van der Waals surface area contributed by atoms with Crippen LogP contribution in [-0.2, 0) is 6.54 Å². The molecule has 6 heteroatoms. The van der Waals surface area contributed by atoms with E-state index in [1.807, 2.05) is 12.1 Å². The molecule has 0 atom stereocenters. The fourth-order valence-electron chi connectivity index (χ4n) is 1.67. The SMILES string of the molecule is COc1cc(C)nc(NC(=O)c2ccc(CN)cc2)n1. The first-order valence-corrected chi connectivity index (χ1v) is 6.12. The first-order valence-electron chi connectivity index (χ1n) is 6.12. The summed E-state index contributed by atoms with van der Waals surface area (Å²) in [5.41, 5.74) is 7.71. The van der Waals surface area contributed by atoms with Crippen molar-refractivity contribution in [2.75, 3.05) is 12.4 Å². The van der Waals surface area contributed by atoms with Crippen molar-refractivity contribution >= 4 is 11.9 Å². The maximum absolute atomic E-state index is 12.1. The molecular weight excluding hydrogens is 256 g/mol. The summed E-state index contributed by atoms with van der Waals surface area (Å²) < 4.78 is 5.04. The van der Waals surface area contributed by atoms with E-state index in [2.05, 4.69) is 15.3 Å². The van der Waals surface area contributed by atoms with E-state index >= 15 is 0 Å². The third-order valence-corrected chi connectivity index (χ3v) is 2.72. The Kier molecular flexibility index (Phi) is 4.27. The number of hydrogen-bond donors (Lipinski definition) is 2. The fraction of sp³-hybridized carbons (Fsp3) is 0.214. The van der Waals surface area contributed by atoms with Crippen LogP contribution < -0.4 is 15.8 Å². The lowest BCUT2D eigenvalue weighted by molar-refractivity contribution is 0.102. The van der Waals surface area contributed by atoms with E-state index in [-0.39, 0.29) is 11.9 Å². The van der Waals surface area contributed by atoms with Gasteiger partial charge in [-0.05, 0) is 24.6 Å². The zero-order valence-corrected chi connectivity index (χ0v) is 11.4. The summed E-state index contributed by atoms with van der Waals surface area (Å²) in [7, 11) is 1.51. The highest BCUT2D eigenvalue weighted by atomic mass is 16.5. The van der Waals surface area contributed by atoms with Crippen LogP contribution in [0.4, 0.5) is 5.95 Å². The van der Waals surface area contributed by atoms with Gasteiger partial charge in [0.2, 0.25) is 11.8 Å². The van der Waals surface area contributed by atoms with Gasteiger partial charge in [-0.1, -0.05) is 12.1 Å². The highest BCUT2D eigenvalue weighted by Gasteiger charge is 2.09. The van der Waals surface area contributed by atoms with Gasteiger partial charge < -0.3 is 10.5 Å². The molecule has 0 aliphatic heterocycles. The van der Waals surface area contributed by atoms with Crippen LogP contribution in [0.25, 0.3) is 0 Å². The van der Waals surface area contributed by atoms with Gasteiger partial charge in [0.05, 0.1) is 7.11 Å². The van der Waals surface area contributed by atoms with Crippen molar-refractivity contribution in [2.45, 2.75) is 13.5 Å². The van der Waals surface area contributed by atoms with Crippen LogP contribution in [0.1, 0.15) is 21.6 Å². The second-order valence-corrected chi connectivity index (χ2v) is 4.23. The van der Waals surface area contributed by atoms with Crippen LogP contribution in [-0.4, -0.2) is 23.0 Å². The Bertz CT molecular complexity index is 611. The lowest BCUT2D eigenvalue weighted by Gasteiger charge is -2.07. The molecule has 0 radical (unpaired) electrons. The summed E-state index contributed by atoms with van der Waals surface area (Å²) in [5, 5.41) is 2.64. The van der Waals surface area contributed by atoms with Crippen LogP contribution in [0.15, 0.2) is 30.3 Å². The average Bonchev–Trinajstić information content (AvgIpc) is 2.46. The van der Waals surface area contributed by atoms with Crippen LogP contribution in [0.3, 0.4) is 0 Å². The lowest BCUT2D eigenvalue weighted by atomic mass is 10.1. The molecule has 0 saturated heterocycles. The highest BCUT2D eigenvalue weighted by molar-refractivity contribution is 6.03. The van der Waals surface area contributed by atoms with E-state index in [1.54, 1.807) is 25.1 Å². The molecule has 1 heterocycles. The molecule has 20 heavy (non-hydrogen) atoms. The topological polar surface area (TPSA) is 90.1 Å². The number of carbonyl (C=O) groups is 1. The zero-order chi connectivity index (χ0) is 14.5. The number of ether oxygens (including phenoxy) is 1. The third-order valence-electron chi connectivity index (χ3n) is 2.72. The molecule has 0 bridgehead atoms. The van der Waals surface area contributed by atoms with Gasteiger partial charge in [0.1, 0.15) is 0 Å². The van der Waals surface area contributed by atoms with Gasteiger partial charge >= 0.3 is 0 Å². The molecule has 2 rings (SSSR count). The Balaban J connectivity index is 2.16. The number of aromatic nitrogens is 2. The first kappa shape index (κ1) is 14.0. The van der Waals surface area contributed by atoms with Crippen molar-refractivity contribution in [2.24, 2.45) is 5.73 Å². The van der Waals surface area contributed by atoms with Gasteiger partial charge in [0.15, 0.2) is 0 Å². The summed E-state index contributed by atoms with van der Waals surface area (Å²) in [5.74, 6) is 0.349. The molecule has 3 N–H and O–H groups in total.